The first-order chi connectivity index (χ1) is 16.9. The Morgan fingerprint density at radius 2 is 1.56 bits per heavy atom. The molecule has 0 unspecified atom stereocenters. The van der Waals surface area contributed by atoms with Gasteiger partial charge in [0.1, 0.15) is 17.2 Å². The van der Waals surface area contributed by atoms with E-state index in [1.54, 1.807) is 62.4 Å². The number of anilines is 2. The Morgan fingerprint density at radius 1 is 0.889 bits per heavy atom. The monoisotopic (exact) mass is 531 g/mol. The number of rotatable bonds is 9. The highest BCUT2D eigenvalue weighted by Crippen LogP contribution is 2.31. The number of para-hydroxylation sites is 1. The number of hydrogen-bond acceptors (Lipinski definition) is 6. The standard InChI is InChI=1S/C25H29N3O6S2/c1-18-11-14-23(34-5)24(15-18)36(32,33)28(20-9-7-6-8-10-20)17-25(29)26-22-16-21(13-12-19(22)2)35(30,31)27(3)4/h6-16H,17H2,1-5H3,(H,26,29). The largest absolute Gasteiger partial charge is 0.495 e. The SMILES string of the molecule is COc1ccc(C)cc1S(=O)(=O)N(CC(=O)Nc1cc(S(=O)(=O)N(C)C)ccc1C)c1ccccc1. The second kappa shape index (κ2) is 10.7. The first-order valence-corrected chi connectivity index (χ1v) is 13.8. The van der Waals surface area contributed by atoms with Gasteiger partial charge in [0, 0.05) is 19.8 Å². The number of nitrogens with zero attached hydrogens (tertiary/aromatic N) is 2. The lowest BCUT2D eigenvalue weighted by atomic mass is 10.2. The van der Waals surface area contributed by atoms with Gasteiger partial charge < -0.3 is 10.1 Å². The summed E-state index contributed by atoms with van der Waals surface area (Å²) in [5.74, 6) is -0.490. The first kappa shape index (κ1) is 27.2. The molecule has 0 spiro atoms. The first-order valence-electron chi connectivity index (χ1n) is 10.9. The number of ether oxygens (including phenoxy) is 1. The van der Waals surface area contributed by atoms with E-state index in [1.165, 1.54) is 39.4 Å². The van der Waals surface area contributed by atoms with Crippen molar-refractivity contribution in [2.75, 3.05) is 37.4 Å². The van der Waals surface area contributed by atoms with Crippen molar-refractivity contribution in [3.8, 4) is 5.75 Å². The number of hydrogen-bond donors (Lipinski definition) is 1. The molecule has 0 saturated carbocycles. The summed E-state index contributed by atoms with van der Waals surface area (Å²) in [5.41, 5.74) is 1.88. The number of methoxy groups -OCH3 is 1. The molecule has 0 bridgehead atoms. The molecule has 9 nitrogen and oxygen atoms in total. The van der Waals surface area contributed by atoms with Gasteiger partial charge in [-0.1, -0.05) is 30.3 Å². The molecule has 0 saturated heterocycles. The van der Waals surface area contributed by atoms with Crippen LogP contribution in [0.1, 0.15) is 11.1 Å². The highest BCUT2D eigenvalue weighted by atomic mass is 32.2. The molecular formula is C25H29N3O6S2. The second-order valence-corrected chi connectivity index (χ2v) is 12.3. The number of aryl methyl sites for hydroxylation is 2. The van der Waals surface area contributed by atoms with Crippen LogP contribution in [0.5, 0.6) is 5.75 Å². The van der Waals surface area contributed by atoms with Crippen LogP contribution in [0.25, 0.3) is 0 Å². The summed E-state index contributed by atoms with van der Waals surface area (Å²) in [4.78, 5) is 13.1. The molecule has 0 aliphatic rings. The maximum Gasteiger partial charge on any atom is 0.268 e. The Kier molecular flexibility index (Phi) is 8.07. The van der Waals surface area contributed by atoms with Crippen LogP contribution in [0, 0.1) is 13.8 Å². The van der Waals surface area contributed by atoms with Crippen molar-refractivity contribution < 1.29 is 26.4 Å². The van der Waals surface area contributed by atoms with Crippen LogP contribution in [0.3, 0.4) is 0 Å². The van der Waals surface area contributed by atoms with Crippen LogP contribution in [-0.4, -0.2) is 54.8 Å². The summed E-state index contributed by atoms with van der Waals surface area (Å²) in [5, 5.41) is 2.67. The van der Waals surface area contributed by atoms with E-state index < -0.39 is 32.5 Å². The number of carbonyl (C=O) groups is 1. The van der Waals surface area contributed by atoms with E-state index in [1.807, 2.05) is 0 Å². The number of carbonyl (C=O) groups excluding carboxylic acids is 1. The highest BCUT2D eigenvalue weighted by molar-refractivity contribution is 7.93. The van der Waals surface area contributed by atoms with Gasteiger partial charge in [-0.3, -0.25) is 9.10 Å². The zero-order chi connectivity index (χ0) is 26.7. The molecule has 1 amide bonds. The maximum atomic E-state index is 13.8. The van der Waals surface area contributed by atoms with Gasteiger partial charge in [-0.15, -0.1) is 0 Å². The summed E-state index contributed by atoms with van der Waals surface area (Å²) in [6.07, 6.45) is 0. The molecule has 0 atom stereocenters. The average Bonchev–Trinajstić information content (AvgIpc) is 2.84. The predicted molar refractivity (Wildman–Crippen MR) is 139 cm³/mol. The van der Waals surface area contributed by atoms with Crippen molar-refractivity contribution >= 4 is 37.3 Å². The quantitative estimate of drug-likeness (QED) is 0.453. The third kappa shape index (κ3) is 5.69. The third-order valence-electron chi connectivity index (χ3n) is 5.48. The van der Waals surface area contributed by atoms with E-state index >= 15 is 0 Å². The van der Waals surface area contributed by atoms with Crippen molar-refractivity contribution in [3.63, 3.8) is 0 Å². The molecule has 0 heterocycles. The van der Waals surface area contributed by atoms with Gasteiger partial charge in [0.2, 0.25) is 15.9 Å². The molecule has 0 aliphatic carbocycles. The van der Waals surface area contributed by atoms with Crippen LogP contribution < -0.4 is 14.4 Å². The van der Waals surface area contributed by atoms with E-state index in [-0.39, 0.29) is 26.9 Å². The van der Waals surface area contributed by atoms with Crippen LogP contribution in [0.2, 0.25) is 0 Å². The molecule has 3 aromatic carbocycles. The van der Waals surface area contributed by atoms with Gasteiger partial charge in [-0.2, -0.15) is 0 Å². The van der Waals surface area contributed by atoms with Gasteiger partial charge in [0.25, 0.3) is 10.0 Å². The fourth-order valence-corrected chi connectivity index (χ4v) is 6.03. The van der Waals surface area contributed by atoms with Crippen LogP contribution in [-0.2, 0) is 24.8 Å². The number of sulfonamides is 2. The smallest absolute Gasteiger partial charge is 0.268 e. The minimum absolute atomic E-state index is 0.00503. The zero-order valence-corrected chi connectivity index (χ0v) is 22.4. The number of benzene rings is 3. The molecule has 3 aromatic rings. The Balaban J connectivity index is 2.00. The lowest BCUT2D eigenvalue weighted by molar-refractivity contribution is -0.114. The summed E-state index contributed by atoms with van der Waals surface area (Å²) in [6.45, 7) is 2.92. The van der Waals surface area contributed by atoms with Crippen molar-refractivity contribution in [1.82, 2.24) is 4.31 Å². The summed E-state index contributed by atoms with van der Waals surface area (Å²) in [6, 6.07) is 17.4. The molecule has 36 heavy (non-hydrogen) atoms. The summed E-state index contributed by atoms with van der Waals surface area (Å²) in [7, 11) is -3.74. The Bertz CT molecular complexity index is 1470. The van der Waals surface area contributed by atoms with E-state index in [9.17, 15) is 21.6 Å². The molecular weight excluding hydrogens is 502 g/mol. The van der Waals surface area contributed by atoms with E-state index in [0.717, 1.165) is 8.61 Å². The number of amides is 1. The maximum absolute atomic E-state index is 13.8. The van der Waals surface area contributed by atoms with Crippen LogP contribution in [0.15, 0.2) is 76.5 Å². The normalized spacial score (nSPS) is 11.8. The minimum atomic E-state index is -4.21. The Morgan fingerprint density at radius 3 is 2.17 bits per heavy atom. The zero-order valence-electron chi connectivity index (χ0n) is 20.7. The average molecular weight is 532 g/mol. The molecule has 3 rings (SSSR count). The van der Waals surface area contributed by atoms with Crippen LogP contribution >= 0.6 is 0 Å². The topological polar surface area (TPSA) is 113 Å². The van der Waals surface area contributed by atoms with Crippen molar-refractivity contribution in [3.05, 3.63) is 77.9 Å². The van der Waals surface area contributed by atoms with Gasteiger partial charge in [0.15, 0.2) is 0 Å². The lowest BCUT2D eigenvalue weighted by Gasteiger charge is -2.25. The number of nitrogens with one attached hydrogen (secondary N) is 1. The fraction of sp³-hybridized carbons (Fsp3) is 0.240. The van der Waals surface area contributed by atoms with Crippen molar-refractivity contribution in [2.45, 2.75) is 23.6 Å². The lowest BCUT2D eigenvalue weighted by Crippen LogP contribution is -2.38. The summed E-state index contributed by atoms with van der Waals surface area (Å²) < 4.78 is 59.9. The van der Waals surface area contributed by atoms with Gasteiger partial charge >= 0.3 is 0 Å². The molecule has 0 fully saturated rings. The third-order valence-corrected chi connectivity index (χ3v) is 9.09. The molecule has 0 aromatic heterocycles. The van der Waals surface area contributed by atoms with Crippen LogP contribution in [0.4, 0.5) is 11.4 Å². The Labute approximate surface area is 212 Å². The predicted octanol–water partition coefficient (Wildman–Crippen LogP) is 3.40. The van der Waals surface area contributed by atoms with Gasteiger partial charge in [0.05, 0.1) is 17.7 Å². The highest BCUT2D eigenvalue weighted by Gasteiger charge is 2.30. The van der Waals surface area contributed by atoms with Gasteiger partial charge in [-0.25, -0.2) is 21.1 Å². The second-order valence-electron chi connectivity index (χ2n) is 8.31. The summed E-state index contributed by atoms with van der Waals surface area (Å²) >= 11 is 0. The van der Waals surface area contributed by atoms with Crippen molar-refractivity contribution in [1.29, 1.82) is 0 Å². The van der Waals surface area contributed by atoms with Crippen molar-refractivity contribution in [2.24, 2.45) is 0 Å². The van der Waals surface area contributed by atoms with E-state index in [0.29, 0.717) is 11.1 Å². The minimum Gasteiger partial charge on any atom is -0.495 e. The fourth-order valence-electron chi connectivity index (χ4n) is 3.44. The molecule has 0 radical (unpaired) electrons. The molecule has 192 valence electrons. The molecule has 0 aliphatic heterocycles. The van der Waals surface area contributed by atoms with E-state index in [4.69, 9.17) is 4.74 Å². The Hall–Kier alpha value is -3.41. The molecule has 1 N–H and O–H groups in total. The van der Waals surface area contributed by atoms with Gasteiger partial charge in [-0.05, 0) is 61.4 Å². The molecule has 11 heteroatoms. The van der Waals surface area contributed by atoms with E-state index in [2.05, 4.69) is 5.32 Å².